The number of esters is 2. The van der Waals surface area contributed by atoms with E-state index in [-0.39, 0.29) is 39.0 Å². The molecule has 0 fully saturated rings. The summed E-state index contributed by atoms with van der Waals surface area (Å²) in [5.41, 5.74) is 0. The standard InChI is InChI=1S/C38H61F5O14/c1-2-3-4-5-6-7-8-31(44)56-30-29-55-28-27-54-26-25-53-24-23-52-22-21-51-20-19-50-18-17-49-16-15-48-14-13-47-12-11-46-10-9-32(45)57-38-36(42)34(40)33(39)35(41)37(38)43/h2-30H2,1H3. The zero-order valence-electron chi connectivity index (χ0n) is 33.1. The molecule has 0 atom stereocenters. The van der Waals surface area contributed by atoms with Crippen molar-refractivity contribution in [3.05, 3.63) is 29.1 Å². The molecule has 0 saturated carbocycles. The Kier molecular flexibility index (Phi) is 34.6. The molecule has 0 radical (unpaired) electrons. The van der Waals surface area contributed by atoms with Gasteiger partial charge in [0.2, 0.25) is 34.8 Å². The summed E-state index contributed by atoms with van der Waals surface area (Å²) in [6, 6.07) is 0. The van der Waals surface area contributed by atoms with E-state index in [9.17, 15) is 31.5 Å². The molecule has 0 spiro atoms. The van der Waals surface area contributed by atoms with Crippen molar-refractivity contribution in [1.29, 1.82) is 0 Å². The second-order valence-electron chi connectivity index (χ2n) is 12.0. The fourth-order valence-corrected chi connectivity index (χ4v) is 4.41. The molecule has 1 aromatic carbocycles. The first-order valence-electron chi connectivity index (χ1n) is 19.4. The van der Waals surface area contributed by atoms with Crippen LogP contribution in [0.1, 0.15) is 58.3 Å². The monoisotopic (exact) mass is 836 g/mol. The van der Waals surface area contributed by atoms with Gasteiger partial charge < -0.3 is 56.8 Å². The van der Waals surface area contributed by atoms with Crippen LogP contribution in [0.5, 0.6) is 5.75 Å². The summed E-state index contributed by atoms with van der Waals surface area (Å²) < 4.78 is 130. The Morgan fingerprint density at radius 3 is 1.02 bits per heavy atom. The molecule has 0 aliphatic rings. The van der Waals surface area contributed by atoms with Gasteiger partial charge in [-0.1, -0.05) is 39.0 Å². The summed E-state index contributed by atoms with van der Waals surface area (Å²) >= 11 is 0. The Labute approximate surface area is 332 Å². The van der Waals surface area contributed by atoms with E-state index in [4.69, 9.17) is 52.1 Å². The minimum atomic E-state index is -2.35. The molecule has 0 N–H and O–H groups in total. The third-order valence-electron chi connectivity index (χ3n) is 7.41. The van der Waals surface area contributed by atoms with Gasteiger partial charge in [-0.05, 0) is 6.42 Å². The molecule has 0 saturated heterocycles. The van der Waals surface area contributed by atoms with Gasteiger partial charge >= 0.3 is 11.9 Å². The first kappa shape index (κ1) is 52.4. The van der Waals surface area contributed by atoms with Crippen LogP contribution in [0, 0.1) is 29.1 Å². The Bertz CT molecular complexity index is 1120. The summed E-state index contributed by atoms with van der Waals surface area (Å²) in [6.45, 7) is 9.27. The first-order valence-corrected chi connectivity index (χ1v) is 19.4. The molecule has 0 bridgehead atoms. The van der Waals surface area contributed by atoms with E-state index in [0.29, 0.717) is 112 Å². The van der Waals surface area contributed by atoms with Crippen LogP contribution in [0.25, 0.3) is 0 Å². The minimum absolute atomic E-state index is 0.0761. The summed E-state index contributed by atoms with van der Waals surface area (Å²) in [4.78, 5) is 23.3. The number of halogens is 5. The Morgan fingerprint density at radius 1 is 0.351 bits per heavy atom. The van der Waals surface area contributed by atoms with Crippen LogP contribution in [0.3, 0.4) is 0 Å². The van der Waals surface area contributed by atoms with Gasteiger partial charge in [0, 0.05) is 6.42 Å². The van der Waals surface area contributed by atoms with Gasteiger partial charge in [-0.25, -0.2) is 13.2 Å². The molecule has 0 amide bonds. The molecule has 0 heterocycles. The predicted octanol–water partition coefficient (Wildman–Crippen LogP) is 5.14. The van der Waals surface area contributed by atoms with Gasteiger partial charge in [0.05, 0.1) is 139 Å². The largest absolute Gasteiger partial charge is 0.463 e. The second-order valence-corrected chi connectivity index (χ2v) is 12.0. The molecule has 57 heavy (non-hydrogen) atoms. The van der Waals surface area contributed by atoms with E-state index in [2.05, 4.69) is 11.7 Å². The highest BCUT2D eigenvalue weighted by Gasteiger charge is 2.28. The van der Waals surface area contributed by atoms with E-state index < -0.39 is 47.2 Å². The number of hydrogen-bond donors (Lipinski definition) is 0. The second kappa shape index (κ2) is 37.7. The minimum Gasteiger partial charge on any atom is -0.463 e. The van der Waals surface area contributed by atoms with Gasteiger partial charge in [0.15, 0.2) is 0 Å². The molecule has 0 aromatic heterocycles. The lowest BCUT2D eigenvalue weighted by atomic mass is 10.1. The Hall–Kier alpha value is -2.59. The van der Waals surface area contributed by atoms with Crippen LogP contribution in [0.2, 0.25) is 0 Å². The van der Waals surface area contributed by atoms with Crippen LogP contribution >= 0.6 is 0 Å². The average molecular weight is 837 g/mol. The van der Waals surface area contributed by atoms with Crippen molar-refractivity contribution < 1.29 is 88.4 Å². The fraction of sp³-hybridized carbons (Fsp3) is 0.789. The topological polar surface area (TPSA) is 145 Å². The van der Waals surface area contributed by atoms with Crippen LogP contribution in [0.4, 0.5) is 22.0 Å². The quantitative estimate of drug-likeness (QED) is 0.0215. The van der Waals surface area contributed by atoms with Crippen molar-refractivity contribution in [2.45, 2.75) is 58.3 Å². The molecule has 14 nitrogen and oxygen atoms in total. The molecule has 1 rings (SSSR count). The first-order chi connectivity index (χ1) is 27.8. The van der Waals surface area contributed by atoms with Gasteiger partial charge in [0.1, 0.15) is 6.61 Å². The highest BCUT2D eigenvalue weighted by molar-refractivity contribution is 5.72. The zero-order chi connectivity index (χ0) is 41.6. The molecule has 0 aliphatic carbocycles. The maximum atomic E-state index is 13.6. The van der Waals surface area contributed by atoms with Crippen molar-refractivity contribution in [2.75, 3.05) is 139 Å². The van der Waals surface area contributed by atoms with Crippen molar-refractivity contribution in [3.63, 3.8) is 0 Å². The molecular formula is C38H61F5O14. The zero-order valence-corrected chi connectivity index (χ0v) is 33.1. The lowest BCUT2D eigenvalue weighted by molar-refractivity contribution is -0.145. The molecule has 0 aliphatic heterocycles. The number of carbonyl (C=O) groups is 2. The van der Waals surface area contributed by atoms with E-state index in [1.54, 1.807) is 0 Å². The normalized spacial score (nSPS) is 11.4. The molecule has 1 aromatic rings. The third-order valence-corrected chi connectivity index (χ3v) is 7.41. The van der Waals surface area contributed by atoms with E-state index in [0.717, 1.165) is 12.8 Å². The number of benzene rings is 1. The van der Waals surface area contributed by atoms with Crippen molar-refractivity contribution >= 4 is 11.9 Å². The van der Waals surface area contributed by atoms with Crippen molar-refractivity contribution in [2.24, 2.45) is 0 Å². The number of rotatable bonds is 41. The van der Waals surface area contributed by atoms with Gasteiger partial charge in [-0.3, -0.25) is 9.59 Å². The van der Waals surface area contributed by atoms with Crippen LogP contribution in [0.15, 0.2) is 0 Å². The van der Waals surface area contributed by atoms with E-state index in [1.807, 2.05) is 0 Å². The van der Waals surface area contributed by atoms with Gasteiger partial charge in [0.25, 0.3) is 0 Å². The number of ether oxygens (including phenoxy) is 12. The SMILES string of the molecule is CCCCCCCCC(=O)OCCOCCOCCOCCOCCOCCOCCOCCOCCOCCOCCC(=O)Oc1c(F)c(F)c(F)c(F)c1F. The van der Waals surface area contributed by atoms with Crippen LogP contribution < -0.4 is 4.74 Å². The van der Waals surface area contributed by atoms with Crippen LogP contribution in [-0.4, -0.2) is 151 Å². The molecule has 19 heteroatoms. The van der Waals surface area contributed by atoms with Crippen molar-refractivity contribution in [3.8, 4) is 5.75 Å². The van der Waals surface area contributed by atoms with Crippen molar-refractivity contribution in [1.82, 2.24) is 0 Å². The number of hydrogen-bond acceptors (Lipinski definition) is 14. The molecule has 332 valence electrons. The molecular weight excluding hydrogens is 775 g/mol. The fourth-order valence-electron chi connectivity index (χ4n) is 4.41. The summed E-state index contributed by atoms with van der Waals surface area (Å²) in [7, 11) is 0. The lowest BCUT2D eigenvalue weighted by Gasteiger charge is -2.09. The summed E-state index contributed by atoms with van der Waals surface area (Å²) in [5, 5.41) is 0. The third kappa shape index (κ3) is 29.3. The number of unbranched alkanes of at least 4 members (excludes halogenated alkanes) is 5. The van der Waals surface area contributed by atoms with Crippen LogP contribution in [-0.2, 0) is 61.7 Å². The number of carbonyl (C=O) groups excluding carboxylic acids is 2. The van der Waals surface area contributed by atoms with Gasteiger partial charge in [-0.2, -0.15) is 8.78 Å². The smallest absolute Gasteiger partial charge is 0.313 e. The van der Waals surface area contributed by atoms with Gasteiger partial charge in [-0.15, -0.1) is 0 Å². The van der Waals surface area contributed by atoms with E-state index in [1.165, 1.54) is 25.7 Å². The average Bonchev–Trinajstić information content (AvgIpc) is 3.21. The maximum Gasteiger partial charge on any atom is 0.313 e. The predicted molar refractivity (Wildman–Crippen MR) is 194 cm³/mol. The Balaban J connectivity index is 1.72. The molecule has 0 unspecified atom stereocenters. The summed E-state index contributed by atoms with van der Waals surface area (Å²) in [5.74, 6) is -14.3. The van der Waals surface area contributed by atoms with E-state index >= 15 is 0 Å². The Morgan fingerprint density at radius 2 is 0.649 bits per heavy atom. The lowest BCUT2D eigenvalue weighted by Crippen LogP contribution is -2.16. The highest BCUT2D eigenvalue weighted by atomic mass is 19.2. The summed E-state index contributed by atoms with van der Waals surface area (Å²) in [6.07, 6.45) is 6.79. The highest BCUT2D eigenvalue weighted by Crippen LogP contribution is 2.29. The maximum absolute atomic E-state index is 13.6.